The third kappa shape index (κ3) is 6.09. The SMILES string of the molecule is CCNC(=S)N1CCCC(NC(=O)OC(C)(C)C)C1. The molecule has 1 saturated heterocycles. The number of nitrogens with zero attached hydrogens (tertiary/aromatic N) is 1. The van der Waals surface area contributed by atoms with Crippen molar-refractivity contribution in [2.24, 2.45) is 0 Å². The van der Waals surface area contributed by atoms with Crippen LogP contribution < -0.4 is 10.6 Å². The van der Waals surface area contributed by atoms with Crippen LogP contribution in [0.3, 0.4) is 0 Å². The third-order valence-electron chi connectivity index (χ3n) is 2.76. The number of hydrogen-bond donors (Lipinski definition) is 2. The number of carbonyl (C=O) groups excluding carboxylic acids is 1. The van der Waals surface area contributed by atoms with Gasteiger partial charge in [0.2, 0.25) is 0 Å². The molecule has 0 aromatic heterocycles. The summed E-state index contributed by atoms with van der Waals surface area (Å²) in [6, 6.07) is 0.0974. The Kier molecular flexibility index (Phi) is 5.85. The van der Waals surface area contributed by atoms with Crippen molar-refractivity contribution in [1.29, 1.82) is 0 Å². The van der Waals surface area contributed by atoms with E-state index < -0.39 is 5.60 Å². The smallest absolute Gasteiger partial charge is 0.407 e. The first-order valence-electron chi connectivity index (χ1n) is 6.84. The highest BCUT2D eigenvalue weighted by molar-refractivity contribution is 7.80. The molecule has 0 aromatic rings. The number of nitrogens with one attached hydrogen (secondary N) is 2. The van der Waals surface area contributed by atoms with Crippen molar-refractivity contribution in [2.75, 3.05) is 19.6 Å². The zero-order valence-electron chi connectivity index (χ0n) is 12.3. The van der Waals surface area contributed by atoms with Crippen molar-refractivity contribution in [3.05, 3.63) is 0 Å². The largest absolute Gasteiger partial charge is 0.444 e. The Morgan fingerprint density at radius 2 is 2.16 bits per heavy atom. The Morgan fingerprint density at radius 1 is 1.47 bits per heavy atom. The number of piperidine rings is 1. The van der Waals surface area contributed by atoms with Gasteiger partial charge in [0.05, 0.1) is 0 Å². The van der Waals surface area contributed by atoms with Crippen LogP contribution in [0.15, 0.2) is 0 Å². The summed E-state index contributed by atoms with van der Waals surface area (Å²) in [6.45, 7) is 10.1. The molecule has 1 rings (SSSR count). The van der Waals surface area contributed by atoms with Crippen LogP contribution in [0.2, 0.25) is 0 Å². The Morgan fingerprint density at radius 3 is 2.74 bits per heavy atom. The quantitative estimate of drug-likeness (QED) is 0.759. The van der Waals surface area contributed by atoms with E-state index in [9.17, 15) is 4.79 Å². The zero-order valence-corrected chi connectivity index (χ0v) is 13.1. The molecule has 2 N–H and O–H groups in total. The number of thiocarbonyl (C=S) groups is 1. The molecule has 0 aromatic carbocycles. The lowest BCUT2D eigenvalue weighted by atomic mass is 10.1. The van der Waals surface area contributed by atoms with E-state index in [2.05, 4.69) is 15.5 Å². The number of amides is 1. The summed E-state index contributed by atoms with van der Waals surface area (Å²) in [5.74, 6) is 0. The van der Waals surface area contributed by atoms with Gasteiger partial charge in [0.1, 0.15) is 5.60 Å². The molecule has 5 nitrogen and oxygen atoms in total. The molecule has 1 unspecified atom stereocenters. The lowest BCUT2D eigenvalue weighted by Crippen LogP contribution is -2.52. The topological polar surface area (TPSA) is 53.6 Å². The minimum absolute atomic E-state index is 0.0974. The van der Waals surface area contributed by atoms with E-state index in [0.29, 0.717) is 0 Å². The van der Waals surface area contributed by atoms with Crippen LogP contribution >= 0.6 is 12.2 Å². The normalized spacial score (nSPS) is 19.8. The number of carbonyl (C=O) groups is 1. The van der Waals surface area contributed by atoms with Crippen molar-refractivity contribution in [3.8, 4) is 0 Å². The molecular formula is C13H25N3O2S. The highest BCUT2D eigenvalue weighted by Crippen LogP contribution is 2.12. The standard InChI is InChI=1S/C13H25N3O2S/c1-5-14-11(19)16-8-6-7-10(9-16)15-12(17)18-13(2,3)4/h10H,5-9H2,1-4H3,(H,14,19)(H,15,17). The molecule has 0 radical (unpaired) electrons. The third-order valence-corrected chi connectivity index (χ3v) is 3.16. The molecule has 1 fully saturated rings. The van der Waals surface area contributed by atoms with Crippen molar-refractivity contribution < 1.29 is 9.53 Å². The summed E-state index contributed by atoms with van der Waals surface area (Å²) >= 11 is 5.30. The fourth-order valence-corrected chi connectivity index (χ4v) is 2.33. The molecule has 1 atom stereocenters. The van der Waals surface area contributed by atoms with Crippen LogP contribution in [-0.4, -0.2) is 47.4 Å². The lowest BCUT2D eigenvalue weighted by Gasteiger charge is -2.35. The lowest BCUT2D eigenvalue weighted by molar-refractivity contribution is 0.0485. The Bertz CT molecular complexity index is 328. The number of likely N-dealkylation sites (tertiary alicyclic amines) is 1. The molecular weight excluding hydrogens is 262 g/mol. The number of hydrogen-bond acceptors (Lipinski definition) is 3. The number of alkyl carbamates (subject to hydrolysis) is 1. The van der Waals surface area contributed by atoms with Crippen LogP contribution in [0.25, 0.3) is 0 Å². The zero-order chi connectivity index (χ0) is 14.5. The molecule has 1 aliphatic rings. The molecule has 6 heteroatoms. The van der Waals surface area contributed by atoms with Crippen LogP contribution in [0.4, 0.5) is 4.79 Å². The van der Waals surface area contributed by atoms with Crippen molar-refractivity contribution in [1.82, 2.24) is 15.5 Å². The molecule has 0 spiro atoms. The van der Waals surface area contributed by atoms with Crippen LogP contribution in [0.5, 0.6) is 0 Å². The van der Waals surface area contributed by atoms with Gasteiger partial charge in [0.25, 0.3) is 0 Å². The second-order valence-electron chi connectivity index (χ2n) is 5.77. The summed E-state index contributed by atoms with van der Waals surface area (Å²) in [6.07, 6.45) is 1.63. The first kappa shape index (κ1) is 16.0. The molecule has 1 amide bonds. The summed E-state index contributed by atoms with van der Waals surface area (Å²) < 4.78 is 5.27. The maximum absolute atomic E-state index is 11.7. The highest BCUT2D eigenvalue weighted by atomic mass is 32.1. The van der Waals surface area contributed by atoms with E-state index in [0.717, 1.165) is 37.6 Å². The summed E-state index contributed by atoms with van der Waals surface area (Å²) in [5, 5.41) is 6.82. The summed E-state index contributed by atoms with van der Waals surface area (Å²) in [4.78, 5) is 13.8. The number of ether oxygens (including phenoxy) is 1. The second kappa shape index (κ2) is 6.93. The van der Waals surface area contributed by atoms with Crippen molar-refractivity contribution in [2.45, 2.75) is 52.2 Å². The molecule has 1 heterocycles. The molecule has 19 heavy (non-hydrogen) atoms. The van der Waals surface area contributed by atoms with Crippen molar-refractivity contribution >= 4 is 23.4 Å². The first-order chi connectivity index (χ1) is 8.81. The van der Waals surface area contributed by atoms with Crippen molar-refractivity contribution in [3.63, 3.8) is 0 Å². The molecule has 1 aliphatic heterocycles. The Hall–Kier alpha value is -1.04. The predicted octanol–water partition coefficient (Wildman–Crippen LogP) is 1.87. The van der Waals surface area contributed by atoms with Crippen LogP contribution in [0, 0.1) is 0 Å². The van der Waals surface area contributed by atoms with Gasteiger partial charge in [-0.25, -0.2) is 4.79 Å². The van der Waals surface area contributed by atoms with Gasteiger partial charge in [-0.05, 0) is 52.8 Å². The van der Waals surface area contributed by atoms with Gasteiger partial charge < -0.3 is 20.3 Å². The molecule has 110 valence electrons. The minimum atomic E-state index is -0.461. The van der Waals surface area contributed by atoms with E-state index in [4.69, 9.17) is 17.0 Å². The van der Waals surface area contributed by atoms with Gasteiger partial charge >= 0.3 is 6.09 Å². The van der Waals surface area contributed by atoms with Crippen LogP contribution in [-0.2, 0) is 4.74 Å². The van der Waals surface area contributed by atoms with Gasteiger partial charge in [-0.2, -0.15) is 0 Å². The van der Waals surface area contributed by atoms with E-state index in [1.807, 2.05) is 27.7 Å². The average molecular weight is 287 g/mol. The predicted molar refractivity (Wildman–Crippen MR) is 80.2 cm³/mol. The van der Waals surface area contributed by atoms with E-state index >= 15 is 0 Å². The minimum Gasteiger partial charge on any atom is -0.444 e. The van der Waals surface area contributed by atoms with Crippen LogP contribution in [0.1, 0.15) is 40.5 Å². The molecule has 0 aliphatic carbocycles. The maximum atomic E-state index is 11.7. The number of rotatable bonds is 2. The maximum Gasteiger partial charge on any atom is 0.407 e. The van der Waals surface area contributed by atoms with E-state index in [1.54, 1.807) is 0 Å². The van der Waals surface area contributed by atoms with E-state index in [-0.39, 0.29) is 12.1 Å². The highest BCUT2D eigenvalue weighted by Gasteiger charge is 2.25. The van der Waals surface area contributed by atoms with Gasteiger partial charge in [-0.1, -0.05) is 0 Å². The molecule has 0 bridgehead atoms. The van der Waals surface area contributed by atoms with Gasteiger partial charge in [-0.15, -0.1) is 0 Å². The fourth-order valence-electron chi connectivity index (χ4n) is 2.02. The fraction of sp³-hybridized carbons (Fsp3) is 0.846. The van der Waals surface area contributed by atoms with E-state index in [1.165, 1.54) is 0 Å². The molecule has 0 saturated carbocycles. The van der Waals surface area contributed by atoms with Gasteiger partial charge in [-0.3, -0.25) is 0 Å². The van der Waals surface area contributed by atoms with Gasteiger partial charge in [0, 0.05) is 25.7 Å². The summed E-state index contributed by atoms with van der Waals surface area (Å²) in [7, 11) is 0. The monoisotopic (exact) mass is 287 g/mol. The van der Waals surface area contributed by atoms with Gasteiger partial charge in [0.15, 0.2) is 5.11 Å². The summed E-state index contributed by atoms with van der Waals surface area (Å²) in [5.41, 5.74) is -0.461. The Labute approximate surface area is 121 Å². The second-order valence-corrected chi connectivity index (χ2v) is 6.15. The Balaban J connectivity index is 2.42. The first-order valence-corrected chi connectivity index (χ1v) is 7.25. The average Bonchev–Trinajstić information content (AvgIpc) is 2.27.